The molecule has 1 atom stereocenters. The van der Waals surface area contributed by atoms with Gasteiger partial charge in [-0.3, -0.25) is 4.79 Å². The molecule has 2 fully saturated rings. The van der Waals surface area contributed by atoms with Gasteiger partial charge in [0.2, 0.25) is 5.91 Å². The molecule has 1 amide bonds. The van der Waals surface area contributed by atoms with Crippen LogP contribution in [0.2, 0.25) is 0 Å². The second-order valence-electron chi connectivity index (χ2n) is 4.43. The fraction of sp³-hybridized carbons (Fsp3) is 0.900. The average molecular weight is 198 g/mol. The second kappa shape index (κ2) is 3.87. The van der Waals surface area contributed by atoms with Crippen LogP contribution in [-0.4, -0.2) is 31.2 Å². The van der Waals surface area contributed by atoms with Crippen molar-refractivity contribution in [3.63, 3.8) is 0 Å². The lowest BCUT2D eigenvalue weighted by Crippen LogP contribution is -2.60. The van der Waals surface area contributed by atoms with E-state index in [0.717, 1.165) is 31.9 Å². The molecule has 1 aliphatic carbocycles. The van der Waals surface area contributed by atoms with Crippen molar-refractivity contribution in [2.75, 3.05) is 19.8 Å². The molecule has 4 nitrogen and oxygen atoms in total. The molecule has 0 bridgehead atoms. The number of rotatable bonds is 4. The minimum atomic E-state index is -0.582. The molecule has 0 spiro atoms. The molecule has 1 aliphatic heterocycles. The van der Waals surface area contributed by atoms with Crippen molar-refractivity contribution in [1.82, 2.24) is 5.32 Å². The van der Waals surface area contributed by atoms with E-state index in [1.807, 2.05) is 0 Å². The van der Waals surface area contributed by atoms with Crippen LogP contribution >= 0.6 is 0 Å². The number of hydrogen-bond donors (Lipinski definition) is 2. The molecule has 2 rings (SSSR count). The van der Waals surface area contributed by atoms with Crippen molar-refractivity contribution in [1.29, 1.82) is 0 Å². The van der Waals surface area contributed by atoms with Crippen molar-refractivity contribution in [3.8, 4) is 0 Å². The monoisotopic (exact) mass is 198 g/mol. The number of carbonyl (C=O) groups excluding carboxylic acids is 1. The first-order chi connectivity index (χ1) is 6.73. The first kappa shape index (κ1) is 9.93. The number of carbonyl (C=O) groups is 1. The number of nitrogens with one attached hydrogen (secondary N) is 1. The summed E-state index contributed by atoms with van der Waals surface area (Å²) >= 11 is 0. The SMILES string of the molecule is NC(=O)C1(NCC2CC2)CCCOC1. The van der Waals surface area contributed by atoms with Gasteiger partial charge in [-0.05, 0) is 38.1 Å². The van der Waals surface area contributed by atoms with Crippen LogP contribution in [0.4, 0.5) is 0 Å². The molecule has 3 N–H and O–H groups in total. The fourth-order valence-corrected chi connectivity index (χ4v) is 1.88. The van der Waals surface area contributed by atoms with Gasteiger partial charge in [-0.25, -0.2) is 0 Å². The molecule has 1 heterocycles. The van der Waals surface area contributed by atoms with Gasteiger partial charge in [-0.2, -0.15) is 0 Å². The van der Waals surface area contributed by atoms with Crippen LogP contribution in [0.5, 0.6) is 0 Å². The van der Waals surface area contributed by atoms with Gasteiger partial charge in [0.1, 0.15) is 5.54 Å². The summed E-state index contributed by atoms with van der Waals surface area (Å²) in [5, 5.41) is 3.30. The lowest BCUT2D eigenvalue weighted by Gasteiger charge is -2.35. The smallest absolute Gasteiger partial charge is 0.240 e. The van der Waals surface area contributed by atoms with Crippen molar-refractivity contribution >= 4 is 5.91 Å². The summed E-state index contributed by atoms with van der Waals surface area (Å²) in [5.74, 6) is 0.492. The van der Waals surface area contributed by atoms with Crippen LogP contribution < -0.4 is 11.1 Å². The van der Waals surface area contributed by atoms with E-state index in [1.165, 1.54) is 12.8 Å². The van der Waals surface area contributed by atoms with Crippen LogP contribution in [0.15, 0.2) is 0 Å². The predicted molar refractivity (Wildman–Crippen MR) is 52.7 cm³/mol. The second-order valence-corrected chi connectivity index (χ2v) is 4.43. The van der Waals surface area contributed by atoms with Gasteiger partial charge in [-0.15, -0.1) is 0 Å². The Bertz CT molecular complexity index is 220. The lowest BCUT2D eigenvalue weighted by molar-refractivity contribution is -0.130. The van der Waals surface area contributed by atoms with Crippen LogP contribution in [0.3, 0.4) is 0 Å². The van der Waals surface area contributed by atoms with Crippen LogP contribution in [0.1, 0.15) is 25.7 Å². The summed E-state index contributed by atoms with van der Waals surface area (Å²) in [6, 6.07) is 0. The van der Waals surface area contributed by atoms with E-state index in [-0.39, 0.29) is 5.91 Å². The van der Waals surface area contributed by atoms with E-state index in [1.54, 1.807) is 0 Å². The Labute approximate surface area is 84.2 Å². The molecule has 14 heavy (non-hydrogen) atoms. The summed E-state index contributed by atoms with van der Waals surface area (Å²) in [4.78, 5) is 11.4. The number of nitrogens with two attached hydrogens (primary N) is 1. The lowest BCUT2D eigenvalue weighted by atomic mass is 9.91. The Morgan fingerprint density at radius 1 is 1.57 bits per heavy atom. The first-order valence-electron chi connectivity index (χ1n) is 5.36. The molecule has 1 saturated heterocycles. The van der Waals surface area contributed by atoms with E-state index in [4.69, 9.17) is 10.5 Å². The highest BCUT2D eigenvalue weighted by Crippen LogP contribution is 2.29. The zero-order valence-electron chi connectivity index (χ0n) is 8.42. The minimum Gasteiger partial charge on any atom is -0.379 e. The first-order valence-corrected chi connectivity index (χ1v) is 5.36. The third kappa shape index (κ3) is 2.07. The maximum atomic E-state index is 11.4. The molecule has 1 unspecified atom stereocenters. The summed E-state index contributed by atoms with van der Waals surface area (Å²) in [6.07, 6.45) is 4.29. The minimum absolute atomic E-state index is 0.266. The zero-order valence-corrected chi connectivity index (χ0v) is 8.42. The Morgan fingerprint density at radius 3 is 2.86 bits per heavy atom. The topological polar surface area (TPSA) is 64.4 Å². The van der Waals surface area contributed by atoms with E-state index >= 15 is 0 Å². The van der Waals surface area contributed by atoms with Gasteiger partial charge < -0.3 is 15.8 Å². The highest BCUT2D eigenvalue weighted by molar-refractivity contribution is 5.85. The molecule has 0 aromatic carbocycles. The van der Waals surface area contributed by atoms with Crippen molar-refractivity contribution < 1.29 is 9.53 Å². The zero-order chi connectivity index (χ0) is 10.0. The van der Waals surface area contributed by atoms with Crippen LogP contribution in [-0.2, 0) is 9.53 Å². The van der Waals surface area contributed by atoms with Gasteiger partial charge in [0.05, 0.1) is 6.61 Å². The molecule has 0 radical (unpaired) electrons. The number of hydrogen-bond acceptors (Lipinski definition) is 3. The van der Waals surface area contributed by atoms with Gasteiger partial charge in [0, 0.05) is 6.61 Å². The van der Waals surface area contributed by atoms with Gasteiger partial charge in [-0.1, -0.05) is 0 Å². The number of amides is 1. The summed E-state index contributed by atoms with van der Waals surface area (Å²) in [5.41, 5.74) is 4.84. The molecule has 80 valence electrons. The van der Waals surface area contributed by atoms with Crippen LogP contribution in [0.25, 0.3) is 0 Å². The van der Waals surface area contributed by atoms with E-state index in [2.05, 4.69) is 5.32 Å². The molecule has 0 aromatic rings. The van der Waals surface area contributed by atoms with E-state index in [9.17, 15) is 4.79 Å². The summed E-state index contributed by atoms with van der Waals surface area (Å²) in [7, 11) is 0. The Kier molecular flexibility index (Phi) is 2.74. The third-order valence-electron chi connectivity index (χ3n) is 3.14. The van der Waals surface area contributed by atoms with Crippen molar-refractivity contribution in [2.45, 2.75) is 31.2 Å². The average Bonchev–Trinajstić information content (AvgIpc) is 2.99. The highest BCUT2D eigenvalue weighted by atomic mass is 16.5. The quantitative estimate of drug-likeness (QED) is 0.669. The highest BCUT2D eigenvalue weighted by Gasteiger charge is 2.39. The van der Waals surface area contributed by atoms with Crippen LogP contribution in [0, 0.1) is 5.92 Å². The Hall–Kier alpha value is -0.610. The molecule has 0 aromatic heterocycles. The predicted octanol–water partition coefficient (Wildman–Crippen LogP) is 0.0205. The Balaban J connectivity index is 1.92. The molecule has 4 heteroatoms. The van der Waals surface area contributed by atoms with Crippen molar-refractivity contribution in [3.05, 3.63) is 0 Å². The molecular formula is C10H18N2O2. The summed E-state index contributed by atoms with van der Waals surface area (Å²) < 4.78 is 5.34. The maximum absolute atomic E-state index is 11.4. The molecular weight excluding hydrogens is 180 g/mol. The third-order valence-corrected chi connectivity index (χ3v) is 3.14. The summed E-state index contributed by atoms with van der Waals surface area (Å²) in [6.45, 7) is 2.10. The van der Waals surface area contributed by atoms with E-state index < -0.39 is 5.54 Å². The molecule has 2 aliphatic rings. The van der Waals surface area contributed by atoms with Gasteiger partial charge in [0.15, 0.2) is 0 Å². The molecule has 1 saturated carbocycles. The fourth-order valence-electron chi connectivity index (χ4n) is 1.88. The number of ether oxygens (including phenoxy) is 1. The number of primary amides is 1. The Morgan fingerprint density at radius 2 is 2.36 bits per heavy atom. The van der Waals surface area contributed by atoms with Gasteiger partial charge >= 0.3 is 0 Å². The standard InChI is InChI=1S/C10H18N2O2/c11-9(13)10(4-1-5-14-7-10)12-6-8-2-3-8/h8,12H,1-7H2,(H2,11,13). The normalized spacial score (nSPS) is 32.9. The van der Waals surface area contributed by atoms with Gasteiger partial charge in [0.25, 0.3) is 0 Å². The van der Waals surface area contributed by atoms with E-state index in [0.29, 0.717) is 6.61 Å². The largest absolute Gasteiger partial charge is 0.379 e. The van der Waals surface area contributed by atoms with Crippen molar-refractivity contribution in [2.24, 2.45) is 11.7 Å². The maximum Gasteiger partial charge on any atom is 0.240 e.